The standard InChI is InChI=1S/C19H20N2O5/c1-21-19(24)15-9-12(18(20)23)8-14-16(10-26-17(14)15)11-3-2-4-13(7-11)25-6-5-22/h2-4,7-9,16,22H,5-6,10H2,1H3,(H2,20,23)(H,21,24). The van der Waals surface area contributed by atoms with Crippen LogP contribution >= 0.6 is 0 Å². The maximum Gasteiger partial charge on any atom is 0.254 e. The Labute approximate surface area is 150 Å². The fraction of sp³-hybridized carbons (Fsp3) is 0.263. The number of aliphatic hydroxyl groups excluding tert-OH is 1. The van der Waals surface area contributed by atoms with E-state index in [0.29, 0.717) is 18.1 Å². The van der Waals surface area contributed by atoms with Crippen LogP contribution in [-0.4, -0.2) is 43.8 Å². The average molecular weight is 356 g/mol. The summed E-state index contributed by atoms with van der Waals surface area (Å²) in [4.78, 5) is 23.9. The molecule has 7 heteroatoms. The first-order chi connectivity index (χ1) is 12.5. The summed E-state index contributed by atoms with van der Waals surface area (Å²) in [5.74, 6) is -0.0253. The average Bonchev–Trinajstić information content (AvgIpc) is 3.09. The molecule has 0 fully saturated rings. The number of nitrogens with one attached hydrogen (secondary N) is 1. The van der Waals surface area contributed by atoms with Crippen molar-refractivity contribution in [2.24, 2.45) is 5.73 Å². The van der Waals surface area contributed by atoms with Gasteiger partial charge in [-0.25, -0.2) is 0 Å². The SMILES string of the molecule is CNC(=O)c1cc(C(N)=O)cc2c1OCC2c1cccc(OCCO)c1. The van der Waals surface area contributed by atoms with Crippen molar-refractivity contribution in [3.63, 3.8) is 0 Å². The second-order valence-electron chi connectivity index (χ2n) is 5.89. The summed E-state index contributed by atoms with van der Waals surface area (Å²) in [6.45, 7) is 0.468. The second-order valence-corrected chi connectivity index (χ2v) is 5.89. The fourth-order valence-electron chi connectivity index (χ4n) is 3.03. The highest BCUT2D eigenvalue weighted by Gasteiger charge is 2.31. The molecule has 2 aromatic rings. The molecule has 3 rings (SSSR count). The number of primary amides is 1. The van der Waals surface area contributed by atoms with Gasteiger partial charge in [-0.2, -0.15) is 0 Å². The Hall–Kier alpha value is -3.06. The summed E-state index contributed by atoms with van der Waals surface area (Å²) in [6, 6.07) is 10.5. The highest BCUT2D eigenvalue weighted by Crippen LogP contribution is 2.41. The number of carbonyl (C=O) groups is 2. The number of hydrogen-bond donors (Lipinski definition) is 3. The Morgan fingerprint density at radius 2 is 2.15 bits per heavy atom. The van der Waals surface area contributed by atoms with Gasteiger partial charge in [0, 0.05) is 24.1 Å². The molecule has 4 N–H and O–H groups in total. The van der Waals surface area contributed by atoms with Crippen molar-refractivity contribution in [2.75, 3.05) is 26.9 Å². The summed E-state index contributed by atoms with van der Waals surface area (Å²) in [6.07, 6.45) is 0. The summed E-state index contributed by atoms with van der Waals surface area (Å²) in [5.41, 5.74) is 7.62. The molecule has 136 valence electrons. The minimum Gasteiger partial charge on any atom is -0.491 e. The third-order valence-corrected chi connectivity index (χ3v) is 4.26. The zero-order valence-corrected chi connectivity index (χ0v) is 14.3. The summed E-state index contributed by atoms with van der Waals surface area (Å²) < 4.78 is 11.2. The van der Waals surface area contributed by atoms with Gasteiger partial charge in [-0.1, -0.05) is 12.1 Å². The minimum absolute atomic E-state index is 0.0724. The third-order valence-electron chi connectivity index (χ3n) is 4.26. The Morgan fingerprint density at radius 3 is 2.85 bits per heavy atom. The van der Waals surface area contributed by atoms with Crippen molar-refractivity contribution in [1.82, 2.24) is 5.32 Å². The molecule has 0 spiro atoms. The Morgan fingerprint density at radius 1 is 1.35 bits per heavy atom. The van der Waals surface area contributed by atoms with E-state index in [1.165, 1.54) is 13.1 Å². The molecule has 2 amide bonds. The number of aliphatic hydroxyl groups is 1. The predicted octanol–water partition coefficient (Wildman–Crippen LogP) is 1.04. The molecule has 0 saturated carbocycles. The van der Waals surface area contributed by atoms with Gasteiger partial charge in [0.25, 0.3) is 5.91 Å². The van der Waals surface area contributed by atoms with E-state index in [9.17, 15) is 9.59 Å². The third kappa shape index (κ3) is 3.34. The van der Waals surface area contributed by atoms with Crippen molar-refractivity contribution in [1.29, 1.82) is 0 Å². The number of fused-ring (bicyclic) bond motifs is 1. The second kappa shape index (κ2) is 7.45. The summed E-state index contributed by atoms with van der Waals surface area (Å²) >= 11 is 0. The van der Waals surface area contributed by atoms with Crippen LogP contribution in [0.25, 0.3) is 0 Å². The van der Waals surface area contributed by atoms with E-state index in [1.54, 1.807) is 12.1 Å². The molecule has 0 aliphatic carbocycles. The summed E-state index contributed by atoms with van der Waals surface area (Å²) in [5, 5.41) is 11.4. The van der Waals surface area contributed by atoms with E-state index in [1.807, 2.05) is 18.2 Å². The van der Waals surface area contributed by atoms with E-state index >= 15 is 0 Å². The monoisotopic (exact) mass is 356 g/mol. The number of ether oxygens (including phenoxy) is 2. The lowest BCUT2D eigenvalue weighted by molar-refractivity contribution is 0.0960. The van der Waals surface area contributed by atoms with E-state index in [-0.39, 0.29) is 36.2 Å². The van der Waals surface area contributed by atoms with Crippen molar-refractivity contribution < 1.29 is 24.2 Å². The number of carbonyl (C=O) groups excluding carboxylic acids is 2. The van der Waals surface area contributed by atoms with Gasteiger partial charge in [0.1, 0.15) is 18.1 Å². The van der Waals surface area contributed by atoms with Crippen LogP contribution in [0.1, 0.15) is 37.8 Å². The van der Waals surface area contributed by atoms with Gasteiger partial charge >= 0.3 is 0 Å². The first-order valence-corrected chi connectivity index (χ1v) is 8.21. The molecular weight excluding hydrogens is 336 g/mol. The lowest BCUT2D eigenvalue weighted by atomic mass is 9.90. The van der Waals surface area contributed by atoms with Crippen LogP contribution in [0.2, 0.25) is 0 Å². The lowest BCUT2D eigenvalue weighted by Gasteiger charge is -2.13. The topological polar surface area (TPSA) is 111 Å². The number of benzene rings is 2. The van der Waals surface area contributed by atoms with Gasteiger partial charge in [-0.15, -0.1) is 0 Å². The normalized spacial score (nSPS) is 15.1. The van der Waals surface area contributed by atoms with E-state index < -0.39 is 5.91 Å². The van der Waals surface area contributed by atoms with Crippen LogP contribution < -0.4 is 20.5 Å². The quantitative estimate of drug-likeness (QED) is 0.716. The zero-order chi connectivity index (χ0) is 18.7. The number of rotatable bonds is 6. The molecule has 0 radical (unpaired) electrons. The number of amides is 2. The molecule has 1 aliphatic heterocycles. The molecule has 2 aromatic carbocycles. The highest BCUT2D eigenvalue weighted by molar-refractivity contribution is 6.02. The molecule has 7 nitrogen and oxygen atoms in total. The molecule has 1 atom stereocenters. The van der Waals surface area contributed by atoms with Crippen LogP contribution in [0, 0.1) is 0 Å². The van der Waals surface area contributed by atoms with Gasteiger partial charge in [0.2, 0.25) is 5.91 Å². The highest BCUT2D eigenvalue weighted by atomic mass is 16.5. The fourth-order valence-corrected chi connectivity index (χ4v) is 3.03. The Kier molecular flexibility index (Phi) is 5.09. The van der Waals surface area contributed by atoms with Crippen molar-refractivity contribution >= 4 is 11.8 Å². The van der Waals surface area contributed by atoms with Crippen molar-refractivity contribution in [3.05, 3.63) is 58.7 Å². The van der Waals surface area contributed by atoms with E-state index in [2.05, 4.69) is 5.32 Å². The molecule has 1 heterocycles. The smallest absolute Gasteiger partial charge is 0.254 e. The first kappa shape index (κ1) is 17.8. The molecule has 0 saturated heterocycles. The lowest BCUT2D eigenvalue weighted by Crippen LogP contribution is -2.20. The van der Waals surface area contributed by atoms with Gasteiger partial charge in [-0.3, -0.25) is 9.59 Å². The van der Waals surface area contributed by atoms with Gasteiger partial charge in [0.05, 0.1) is 18.8 Å². The maximum atomic E-state index is 12.2. The van der Waals surface area contributed by atoms with Gasteiger partial charge in [-0.05, 0) is 29.8 Å². The Balaban J connectivity index is 2.04. The zero-order valence-electron chi connectivity index (χ0n) is 14.3. The van der Waals surface area contributed by atoms with E-state index in [0.717, 1.165) is 11.1 Å². The van der Waals surface area contributed by atoms with Crippen LogP contribution in [0.4, 0.5) is 0 Å². The van der Waals surface area contributed by atoms with Gasteiger partial charge in [0.15, 0.2) is 0 Å². The molecule has 26 heavy (non-hydrogen) atoms. The van der Waals surface area contributed by atoms with E-state index in [4.69, 9.17) is 20.3 Å². The molecule has 1 aliphatic rings. The van der Waals surface area contributed by atoms with Crippen molar-refractivity contribution in [3.8, 4) is 11.5 Å². The van der Waals surface area contributed by atoms with Crippen LogP contribution in [-0.2, 0) is 0 Å². The van der Waals surface area contributed by atoms with Gasteiger partial charge < -0.3 is 25.6 Å². The number of hydrogen-bond acceptors (Lipinski definition) is 5. The molecule has 0 bridgehead atoms. The molecule has 1 unspecified atom stereocenters. The summed E-state index contributed by atoms with van der Waals surface area (Å²) in [7, 11) is 1.51. The first-order valence-electron chi connectivity index (χ1n) is 8.21. The van der Waals surface area contributed by atoms with Crippen molar-refractivity contribution in [2.45, 2.75) is 5.92 Å². The Bertz CT molecular complexity index is 850. The minimum atomic E-state index is -0.608. The molecule has 0 aromatic heterocycles. The van der Waals surface area contributed by atoms with Crippen LogP contribution in [0.3, 0.4) is 0 Å². The van der Waals surface area contributed by atoms with Crippen LogP contribution in [0.15, 0.2) is 36.4 Å². The largest absolute Gasteiger partial charge is 0.491 e. The predicted molar refractivity (Wildman–Crippen MR) is 94.7 cm³/mol. The van der Waals surface area contributed by atoms with Crippen LogP contribution in [0.5, 0.6) is 11.5 Å². The number of nitrogens with two attached hydrogens (primary N) is 1. The molecular formula is C19H20N2O5. The maximum absolute atomic E-state index is 12.2.